The Bertz CT molecular complexity index is 691. The number of fused-ring (bicyclic) bond motifs is 1. The maximum absolute atomic E-state index is 9.47. The van der Waals surface area contributed by atoms with E-state index in [1.165, 1.54) is 6.42 Å². The van der Waals surface area contributed by atoms with Gasteiger partial charge < -0.3 is 14.8 Å². The predicted octanol–water partition coefficient (Wildman–Crippen LogP) is 1.08. The zero-order chi connectivity index (χ0) is 16.1. The lowest BCUT2D eigenvalue weighted by Gasteiger charge is -2.55. The SMILES string of the molecule is CC1(C)C2CCC13COC1(c4cccc(B(O)O)c4)OOC13C2. The van der Waals surface area contributed by atoms with Crippen molar-refractivity contribution < 1.29 is 24.6 Å². The van der Waals surface area contributed by atoms with Gasteiger partial charge in [0, 0.05) is 11.0 Å². The fraction of sp³-hybridized carbons (Fsp3) is 0.647. The van der Waals surface area contributed by atoms with Gasteiger partial charge in [0.1, 0.15) is 0 Å². The molecule has 4 fully saturated rings. The van der Waals surface area contributed by atoms with Crippen molar-refractivity contribution in [3.63, 3.8) is 0 Å². The summed E-state index contributed by atoms with van der Waals surface area (Å²) >= 11 is 0. The van der Waals surface area contributed by atoms with Crippen LogP contribution in [0.1, 0.15) is 38.7 Å². The standard InChI is InChI=1S/C17H21BO5/c1-14(2)12-6-7-15(14)10-21-17(16(15,9-12)22-23-17)11-4-3-5-13(8-11)18(19)20/h3-5,8,12,19-20H,6-7,9-10H2,1-2H3. The summed E-state index contributed by atoms with van der Waals surface area (Å²) < 4.78 is 6.26. The lowest BCUT2D eigenvalue weighted by Crippen LogP contribution is -2.68. The van der Waals surface area contributed by atoms with Crippen molar-refractivity contribution >= 4 is 12.6 Å². The van der Waals surface area contributed by atoms with E-state index in [0.717, 1.165) is 18.4 Å². The van der Waals surface area contributed by atoms with Gasteiger partial charge in [-0.1, -0.05) is 38.1 Å². The highest BCUT2D eigenvalue weighted by Crippen LogP contribution is 2.81. The van der Waals surface area contributed by atoms with Crippen LogP contribution in [-0.4, -0.2) is 29.4 Å². The maximum Gasteiger partial charge on any atom is 0.488 e. The molecule has 1 aromatic rings. The van der Waals surface area contributed by atoms with Gasteiger partial charge >= 0.3 is 7.12 Å². The van der Waals surface area contributed by atoms with Crippen LogP contribution in [0, 0.1) is 16.7 Å². The molecule has 23 heavy (non-hydrogen) atoms. The van der Waals surface area contributed by atoms with Crippen LogP contribution in [0.4, 0.5) is 0 Å². The summed E-state index contributed by atoms with van der Waals surface area (Å²) in [6.45, 7) is 5.28. The van der Waals surface area contributed by atoms with Gasteiger partial charge in [-0.15, -0.1) is 0 Å². The van der Waals surface area contributed by atoms with Crippen LogP contribution in [0.25, 0.3) is 0 Å². The number of hydrogen-bond donors (Lipinski definition) is 2. The first kappa shape index (κ1) is 14.4. The lowest BCUT2D eigenvalue weighted by molar-refractivity contribution is -0.611. The normalized spacial score (nSPS) is 45.5. The van der Waals surface area contributed by atoms with E-state index in [-0.39, 0.29) is 10.8 Å². The molecular formula is C17H21BO5. The van der Waals surface area contributed by atoms with Crippen LogP contribution in [0.2, 0.25) is 0 Å². The summed E-state index contributed by atoms with van der Waals surface area (Å²) in [7, 11) is -1.50. The molecule has 2 N–H and O–H groups in total. The molecule has 2 heterocycles. The van der Waals surface area contributed by atoms with Crippen LogP contribution < -0.4 is 5.46 Å². The molecule has 0 amide bonds. The molecule has 5 rings (SSSR count). The van der Waals surface area contributed by atoms with Crippen molar-refractivity contribution in [1.82, 2.24) is 0 Å². The third-order valence-electron chi connectivity index (χ3n) is 7.40. The minimum absolute atomic E-state index is 0.0310. The number of ether oxygens (including phenoxy) is 1. The van der Waals surface area contributed by atoms with Crippen LogP contribution in [-0.2, 0) is 20.3 Å². The minimum atomic E-state index is -1.50. The van der Waals surface area contributed by atoms with Gasteiger partial charge in [-0.05, 0) is 36.1 Å². The predicted molar refractivity (Wildman–Crippen MR) is 82.4 cm³/mol. The number of rotatable bonds is 2. The highest BCUT2D eigenvalue weighted by Gasteiger charge is 2.88. The summed E-state index contributed by atoms with van der Waals surface area (Å²) in [5.74, 6) is -0.300. The van der Waals surface area contributed by atoms with Gasteiger partial charge in [0.25, 0.3) is 5.79 Å². The van der Waals surface area contributed by atoms with Gasteiger partial charge in [-0.3, -0.25) is 0 Å². The van der Waals surface area contributed by atoms with Crippen LogP contribution in [0.3, 0.4) is 0 Å². The third-order valence-corrected chi connectivity index (χ3v) is 7.40. The average Bonchev–Trinajstić information content (AvgIpc) is 2.98. The molecule has 6 heteroatoms. The third kappa shape index (κ3) is 1.29. The minimum Gasteiger partial charge on any atom is -0.423 e. The summed E-state index contributed by atoms with van der Waals surface area (Å²) in [5.41, 5.74) is 0.929. The van der Waals surface area contributed by atoms with Crippen LogP contribution in [0.5, 0.6) is 0 Å². The van der Waals surface area contributed by atoms with E-state index in [2.05, 4.69) is 13.8 Å². The van der Waals surface area contributed by atoms with Crippen LogP contribution >= 0.6 is 0 Å². The summed E-state index contributed by atoms with van der Waals surface area (Å²) in [6.07, 6.45) is 3.25. The number of benzene rings is 1. The second-order valence-corrected chi connectivity index (χ2v) is 8.14. The van der Waals surface area contributed by atoms with Gasteiger partial charge in [0.15, 0.2) is 5.60 Å². The molecule has 4 atom stereocenters. The molecule has 2 saturated heterocycles. The molecule has 0 aromatic heterocycles. The van der Waals surface area contributed by atoms with E-state index < -0.39 is 18.5 Å². The van der Waals surface area contributed by atoms with Gasteiger partial charge in [-0.2, -0.15) is 4.89 Å². The largest absolute Gasteiger partial charge is 0.488 e. The highest BCUT2D eigenvalue weighted by molar-refractivity contribution is 6.58. The van der Waals surface area contributed by atoms with Crippen LogP contribution in [0.15, 0.2) is 24.3 Å². The maximum atomic E-state index is 9.47. The highest BCUT2D eigenvalue weighted by atomic mass is 17.3. The van der Waals surface area contributed by atoms with Gasteiger partial charge in [0.05, 0.1) is 6.61 Å². The first-order chi connectivity index (χ1) is 10.9. The first-order valence-corrected chi connectivity index (χ1v) is 8.36. The zero-order valence-corrected chi connectivity index (χ0v) is 13.4. The Morgan fingerprint density at radius 3 is 2.70 bits per heavy atom. The Kier molecular flexibility index (Phi) is 2.51. The van der Waals surface area contributed by atoms with E-state index in [9.17, 15) is 10.0 Å². The molecule has 2 spiro atoms. The first-order valence-electron chi connectivity index (χ1n) is 8.36. The second-order valence-electron chi connectivity index (χ2n) is 8.14. The van der Waals surface area contributed by atoms with E-state index in [4.69, 9.17) is 14.5 Å². The fourth-order valence-electron chi connectivity index (χ4n) is 5.91. The summed E-state index contributed by atoms with van der Waals surface area (Å²) in [4.78, 5) is 11.5. The Hall–Kier alpha value is -0.915. The molecule has 122 valence electrons. The zero-order valence-electron chi connectivity index (χ0n) is 13.4. The van der Waals surface area contributed by atoms with Crippen molar-refractivity contribution in [3.05, 3.63) is 29.8 Å². The van der Waals surface area contributed by atoms with Gasteiger partial charge in [-0.25, -0.2) is 4.89 Å². The quantitative estimate of drug-likeness (QED) is 0.631. The number of hydrogen-bond acceptors (Lipinski definition) is 5. The smallest absolute Gasteiger partial charge is 0.423 e. The van der Waals surface area contributed by atoms with Crippen molar-refractivity contribution in [2.75, 3.05) is 6.61 Å². The molecule has 2 bridgehead atoms. The molecule has 2 aliphatic carbocycles. The molecule has 1 aromatic carbocycles. The average molecular weight is 316 g/mol. The van der Waals surface area contributed by atoms with E-state index in [0.29, 0.717) is 18.0 Å². The Morgan fingerprint density at radius 2 is 2.04 bits per heavy atom. The fourth-order valence-corrected chi connectivity index (χ4v) is 5.91. The van der Waals surface area contributed by atoms with Crippen molar-refractivity contribution in [2.24, 2.45) is 16.7 Å². The Labute approximate surface area is 135 Å². The molecule has 4 aliphatic rings. The van der Waals surface area contributed by atoms with E-state index in [1.807, 2.05) is 6.07 Å². The van der Waals surface area contributed by atoms with E-state index in [1.54, 1.807) is 18.2 Å². The summed E-state index contributed by atoms with van der Waals surface area (Å²) in [6, 6.07) is 7.18. The van der Waals surface area contributed by atoms with E-state index >= 15 is 0 Å². The molecule has 5 nitrogen and oxygen atoms in total. The monoisotopic (exact) mass is 316 g/mol. The van der Waals surface area contributed by atoms with Crippen molar-refractivity contribution in [2.45, 2.75) is 44.5 Å². The Balaban J connectivity index is 1.65. The Morgan fingerprint density at radius 1 is 1.22 bits per heavy atom. The molecule has 4 unspecified atom stereocenters. The van der Waals surface area contributed by atoms with Crippen molar-refractivity contribution in [1.29, 1.82) is 0 Å². The van der Waals surface area contributed by atoms with Gasteiger partial charge in [0.2, 0.25) is 0 Å². The molecular weight excluding hydrogens is 295 g/mol. The molecule has 2 aliphatic heterocycles. The summed E-state index contributed by atoms with van der Waals surface area (Å²) in [5, 5.41) is 18.9. The second kappa shape index (κ2) is 4.00. The molecule has 0 radical (unpaired) electrons. The molecule has 2 saturated carbocycles. The van der Waals surface area contributed by atoms with Crippen molar-refractivity contribution in [3.8, 4) is 0 Å². The topological polar surface area (TPSA) is 68.2 Å². The lowest BCUT2D eigenvalue weighted by atomic mass is 9.61.